The molecule has 0 amide bonds. The zero-order chi connectivity index (χ0) is 45.8. The van der Waals surface area contributed by atoms with Crippen molar-refractivity contribution in [3.63, 3.8) is 0 Å². The number of hydrogen-bond acceptors (Lipinski definition) is 18. The van der Waals surface area contributed by atoms with Gasteiger partial charge in [-0.3, -0.25) is 22.7 Å². The molecule has 0 aromatic rings. The first-order chi connectivity index (χ1) is 25.1. The summed E-state index contributed by atoms with van der Waals surface area (Å²) in [5.74, 6) is 0. The van der Waals surface area contributed by atoms with Gasteiger partial charge in [-0.2, -0.15) is 0 Å². The lowest BCUT2D eigenvalue weighted by atomic mass is 9.74. The largest absolute Gasteiger partial charge is 0.472 e. The maximum atomic E-state index is 13.0. The van der Waals surface area contributed by atoms with Gasteiger partial charge in [0.2, 0.25) is 0 Å². The molecule has 21 nitrogen and oxygen atoms in total. The molecule has 9 N–H and O–H groups in total. The molecule has 0 aromatic heterocycles. The van der Waals surface area contributed by atoms with Crippen LogP contribution in [-0.2, 0) is 55.3 Å². The van der Waals surface area contributed by atoms with Gasteiger partial charge >= 0.3 is 23.2 Å². The number of ether oxygens (including phenoxy) is 4. The first-order valence-electron chi connectivity index (χ1n) is 17.9. The average Bonchev–Trinajstić information content (AvgIpc) is 3.09. The fourth-order valence-corrected chi connectivity index (χ4v) is 7.45. The van der Waals surface area contributed by atoms with Crippen molar-refractivity contribution in [1.82, 2.24) is 0 Å². The zero-order valence-electron chi connectivity index (χ0n) is 36.2. The van der Waals surface area contributed by atoms with E-state index in [9.17, 15) is 59.0 Å². The second-order valence-corrected chi connectivity index (χ2v) is 22.0. The molecule has 3 unspecified atom stereocenters. The number of hydrogen-bond donors (Lipinski definition) is 9. The topological polar surface area (TPSA) is 316 Å². The quantitative estimate of drug-likeness (QED) is 0.0507. The Hall–Kier alpha value is -0.0300. The predicted molar refractivity (Wildman–Crippen MR) is 205 cm³/mol. The molecule has 12 atom stereocenters. The van der Waals surface area contributed by atoms with Crippen LogP contribution in [0.3, 0.4) is 0 Å². The maximum Gasteiger partial charge on any atom is 0.472 e. The highest BCUT2D eigenvalue weighted by Crippen LogP contribution is 2.52. The van der Waals surface area contributed by atoms with Gasteiger partial charge < -0.3 is 68.8 Å². The van der Waals surface area contributed by atoms with E-state index >= 15 is 0 Å². The smallest absolute Gasteiger partial charge is 0.385 e. The lowest BCUT2D eigenvalue weighted by Crippen LogP contribution is -2.68. The van der Waals surface area contributed by atoms with Crippen LogP contribution in [0.15, 0.2) is 0 Å². The first kappa shape index (κ1) is 57.0. The van der Waals surface area contributed by atoms with Crippen molar-refractivity contribution in [1.29, 1.82) is 0 Å². The van der Waals surface area contributed by atoms with Crippen molar-refractivity contribution in [2.45, 2.75) is 152 Å². The number of aliphatic hydroxyl groups is 6. The van der Waals surface area contributed by atoms with Gasteiger partial charge in [-0.15, -0.1) is 0 Å². The Morgan fingerprint density at radius 2 is 0.684 bits per heavy atom. The van der Waals surface area contributed by atoms with E-state index in [1.165, 1.54) is 41.7 Å². The molecule has 0 saturated carbocycles. The van der Waals surface area contributed by atoms with Crippen LogP contribution in [-0.4, -0.2) is 168 Å². The molecule has 0 fully saturated rings. The van der Waals surface area contributed by atoms with E-state index in [1.807, 2.05) is 0 Å². The second kappa shape index (κ2) is 19.6. The average molecular weight is 897 g/mol. The fraction of sp³-hybridized carbons (Fsp3) is 1.00. The number of rotatable bonds is 28. The molecule has 24 heteroatoms. The van der Waals surface area contributed by atoms with E-state index in [-0.39, 0.29) is 12.7 Å². The lowest BCUT2D eigenvalue weighted by molar-refractivity contribution is -0.260. The minimum atomic E-state index is -5.21. The molecule has 0 heterocycles. The SMILES string of the molecule is CO[C@@](C)(COC(C)C)[C@](C)(O)[C@](C)(O)COP(=O)(O)OC[C@](C)(OC)[C@](C)(O)[C@](C)(O)COP(=O)(O)OC[C@](C)(OC)[C@](C)(O)[C@](C)(O)COP(=O)(O)C(C)C. The third-order valence-electron chi connectivity index (χ3n) is 11.5. The van der Waals surface area contributed by atoms with Gasteiger partial charge in [0.15, 0.2) is 0 Å². The van der Waals surface area contributed by atoms with E-state index in [4.69, 9.17) is 41.6 Å². The summed E-state index contributed by atoms with van der Waals surface area (Å²) in [6.45, 7) is 11.5. The molecule has 0 radical (unpaired) electrons. The minimum Gasteiger partial charge on any atom is -0.385 e. The summed E-state index contributed by atoms with van der Waals surface area (Å²) >= 11 is 0. The van der Waals surface area contributed by atoms with E-state index in [0.29, 0.717) is 0 Å². The number of methoxy groups -OCH3 is 3. The Bertz CT molecular complexity index is 1430. The summed E-state index contributed by atoms with van der Waals surface area (Å²) in [4.78, 5) is 31.1. The Morgan fingerprint density at radius 1 is 0.439 bits per heavy atom. The summed E-state index contributed by atoms with van der Waals surface area (Å²) in [6, 6.07) is 0. The van der Waals surface area contributed by atoms with Crippen molar-refractivity contribution in [3.8, 4) is 0 Å². The van der Waals surface area contributed by atoms with Crippen LogP contribution in [0.5, 0.6) is 0 Å². The van der Waals surface area contributed by atoms with Crippen molar-refractivity contribution in [2.75, 3.05) is 61.0 Å². The van der Waals surface area contributed by atoms with E-state index in [1.54, 1.807) is 13.8 Å². The molecule has 0 aliphatic carbocycles. The molecule has 0 spiro atoms. The molecule has 0 aliphatic rings. The third kappa shape index (κ3) is 13.5. The molecule has 344 valence electrons. The highest BCUT2D eigenvalue weighted by atomic mass is 31.2. The standard InChI is InChI=1S/C33H71O21P3/c1-23(2)49-20-28(8,46-14)31(11,37)26(6,35)18-51-56(42,43)54-22-30(10,48-16)33(13,39)27(7,36)19-52-57(44,45)53-21-29(9,47-15)32(12,38)25(5,34)17-50-55(40,41)24(3)4/h23-24,34-39H,17-22H2,1-16H3,(H,40,41)(H,42,43)(H,44,45)/t25-,26-,27-,28+,29+,30+,31-,32-,33-/m1/s1. The Balaban J connectivity index is 5.94. The van der Waals surface area contributed by atoms with Crippen LogP contribution in [0.4, 0.5) is 0 Å². The highest BCUT2D eigenvalue weighted by molar-refractivity contribution is 7.53. The van der Waals surface area contributed by atoms with E-state index in [2.05, 4.69) is 0 Å². The second-order valence-electron chi connectivity index (χ2n) is 16.7. The summed E-state index contributed by atoms with van der Waals surface area (Å²) in [5.41, 5.74) is -20.6. The van der Waals surface area contributed by atoms with Crippen LogP contribution in [0.25, 0.3) is 0 Å². The summed E-state index contributed by atoms with van der Waals surface area (Å²) in [5, 5.41) is 67.9. The molecule has 0 aromatic carbocycles. The molecule has 0 saturated heterocycles. The molecule has 57 heavy (non-hydrogen) atoms. The number of phosphoric ester groups is 2. The lowest BCUT2D eigenvalue weighted by Gasteiger charge is -2.50. The molecular formula is C33H71O21P3. The first-order valence-corrected chi connectivity index (χ1v) is 22.5. The van der Waals surface area contributed by atoms with Crippen molar-refractivity contribution in [2.24, 2.45) is 0 Å². The van der Waals surface area contributed by atoms with Crippen LogP contribution >= 0.6 is 23.2 Å². The highest BCUT2D eigenvalue weighted by Gasteiger charge is 2.60. The van der Waals surface area contributed by atoms with Gasteiger partial charge in [0, 0.05) is 21.3 Å². The van der Waals surface area contributed by atoms with Gasteiger partial charge in [-0.05, 0) is 76.2 Å². The predicted octanol–water partition coefficient (Wildman–Crippen LogP) is 2.01. The third-order valence-corrected chi connectivity index (χ3v) is 15.1. The Labute approximate surface area is 336 Å². The minimum absolute atomic E-state index is 0.176. The zero-order valence-corrected chi connectivity index (χ0v) is 38.8. The number of phosphoric acid groups is 2. The Kier molecular flexibility index (Phi) is 19.6. The van der Waals surface area contributed by atoms with Crippen molar-refractivity contribution in [3.05, 3.63) is 0 Å². The molecule has 0 aliphatic heterocycles. The molecular weight excluding hydrogens is 825 g/mol. The van der Waals surface area contributed by atoms with Gasteiger partial charge in [0.1, 0.15) is 50.4 Å². The molecule has 0 bridgehead atoms. The van der Waals surface area contributed by atoms with Crippen LogP contribution in [0.2, 0.25) is 0 Å². The van der Waals surface area contributed by atoms with E-state index < -0.39 is 112 Å². The van der Waals surface area contributed by atoms with Gasteiger partial charge in [-0.1, -0.05) is 13.8 Å². The monoisotopic (exact) mass is 896 g/mol. The van der Waals surface area contributed by atoms with Crippen LogP contribution in [0, 0.1) is 0 Å². The van der Waals surface area contributed by atoms with Crippen LogP contribution in [0.1, 0.15) is 90.0 Å². The fourth-order valence-electron chi connectivity index (χ4n) is 4.92. The van der Waals surface area contributed by atoms with Gasteiger partial charge in [0.05, 0.1) is 51.4 Å². The summed E-state index contributed by atoms with van der Waals surface area (Å²) in [6.07, 6.45) is -0.260. The van der Waals surface area contributed by atoms with Crippen molar-refractivity contribution < 1.29 is 101 Å². The molecule has 0 rings (SSSR count). The van der Waals surface area contributed by atoms with Gasteiger partial charge in [0.25, 0.3) is 0 Å². The Morgan fingerprint density at radius 3 is 0.930 bits per heavy atom. The maximum absolute atomic E-state index is 13.0. The van der Waals surface area contributed by atoms with E-state index in [0.717, 1.165) is 55.8 Å². The summed E-state index contributed by atoms with van der Waals surface area (Å²) in [7, 11) is -11.1. The normalized spacial score (nSPS) is 25.7. The van der Waals surface area contributed by atoms with Gasteiger partial charge in [-0.25, -0.2) is 9.13 Å². The summed E-state index contributed by atoms with van der Waals surface area (Å²) < 4.78 is 85.3. The van der Waals surface area contributed by atoms with Crippen molar-refractivity contribution >= 4 is 23.2 Å². The van der Waals surface area contributed by atoms with Crippen LogP contribution < -0.4 is 0 Å².